The number of nitrogens with zero attached hydrogens (tertiary/aromatic N) is 3. The summed E-state index contributed by atoms with van der Waals surface area (Å²) in [7, 11) is 0. The Morgan fingerprint density at radius 2 is 1.94 bits per heavy atom. The van der Waals surface area contributed by atoms with Crippen LogP contribution in [0.2, 0.25) is 0 Å². The molecule has 1 aliphatic carbocycles. The highest BCUT2D eigenvalue weighted by molar-refractivity contribution is 7.17. The molecule has 1 aromatic carbocycles. The second-order valence-electron chi connectivity index (χ2n) is 9.02. The van der Waals surface area contributed by atoms with E-state index >= 15 is 0 Å². The first-order chi connectivity index (χ1) is 15.2. The van der Waals surface area contributed by atoms with Gasteiger partial charge in [0.15, 0.2) is 0 Å². The van der Waals surface area contributed by atoms with Crippen LogP contribution in [-0.2, 0) is 4.79 Å². The normalized spacial score (nSPS) is 15.5. The Labute approximate surface area is 193 Å². The number of carboxylic acid groups (broad SMARTS) is 1. The molecule has 1 atom stereocenters. The third kappa shape index (κ3) is 6.18. The number of nitrogens with two attached hydrogens (primary N) is 1. The highest BCUT2D eigenvalue weighted by atomic mass is 32.1. The van der Waals surface area contributed by atoms with E-state index in [1.807, 2.05) is 19.1 Å². The molecular weight excluding hydrogens is 426 g/mol. The lowest BCUT2D eigenvalue weighted by atomic mass is 9.92. The SMILES string of the molecule is CC(C)CN(c1ccc(C(C)CC(=O)O)cc1Nc1nnc(C(N)=O)s1)C1CCCCC1. The van der Waals surface area contributed by atoms with E-state index in [0.29, 0.717) is 17.1 Å². The van der Waals surface area contributed by atoms with Crippen molar-refractivity contribution in [2.24, 2.45) is 11.7 Å². The van der Waals surface area contributed by atoms with Crippen LogP contribution in [-0.4, -0.2) is 39.8 Å². The van der Waals surface area contributed by atoms with Crippen LogP contribution in [0, 0.1) is 5.92 Å². The van der Waals surface area contributed by atoms with Gasteiger partial charge in [0.1, 0.15) is 0 Å². The van der Waals surface area contributed by atoms with Crippen molar-refractivity contribution in [1.29, 1.82) is 0 Å². The maximum atomic E-state index is 11.5. The molecule has 0 bridgehead atoms. The van der Waals surface area contributed by atoms with Gasteiger partial charge in [0.2, 0.25) is 10.1 Å². The summed E-state index contributed by atoms with van der Waals surface area (Å²) in [6, 6.07) is 6.58. The van der Waals surface area contributed by atoms with Crippen LogP contribution in [0.4, 0.5) is 16.5 Å². The molecule has 9 heteroatoms. The fourth-order valence-corrected chi connectivity index (χ4v) is 4.92. The van der Waals surface area contributed by atoms with Crippen molar-refractivity contribution in [1.82, 2.24) is 10.2 Å². The summed E-state index contributed by atoms with van der Waals surface area (Å²) in [5.74, 6) is -1.08. The fourth-order valence-electron chi connectivity index (χ4n) is 4.31. The number of carboxylic acids is 1. The number of hydrogen-bond donors (Lipinski definition) is 3. The van der Waals surface area contributed by atoms with Crippen molar-refractivity contribution in [2.45, 2.75) is 71.3 Å². The molecule has 1 unspecified atom stereocenters. The van der Waals surface area contributed by atoms with Crippen LogP contribution in [0.15, 0.2) is 18.2 Å². The first-order valence-electron chi connectivity index (χ1n) is 11.3. The molecule has 0 radical (unpaired) electrons. The first-order valence-corrected chi connectivity index (χ1v) is 12.1. The maximum absolute atomic E-state index is 11.5. The minimum absolute atomic E-state index is 0.0573. The van der Waals surface area contributed by atoms with E-state index in [1.165, 1.54) is 19.3 Å². The molecule has 4 N–H and O–H groups in total. The van der Waals surface area contributed by atoms with Crippen molar-refractivity contribution in [2.75, 3.05) is 16.8 Å². The van der Waals surface area contributed by atoms with Gasteiger partial charge in [0.05, 0.1) is 17.8 Å². The number of carbonyl (C=O) groups is 2. The van der Waals surface area contributed by atoms with Gasteiger partial charge in [-0.05, 0) is 42.4 Å². The van der Waals surface area contributed by atoms with Crippen molar-refractivity contribution < 1.29 is 14.7 Å². The van der Waals surface area contributed by atoms with E-state index in [-0.39, 0.29) is 17.3 Å². The maximum Gasteiger partial charge on any atom is 0.303 e. The van der Waals surface area contributed by atoms with Gasteiger partial charge in [0.25, 0.3) is 5.91 Å². The van der Waals surface area contributed by atoms with Crippen molar-refractivity contribution in [3.63, 3.8) is 0 Å². The average Bonchev–Trinajstić information content (AvgIpc) is 3.21. The van der Waals surface area contributed by atoms with Crippen LogP contribution in [0.5, 0.6) is 0 Å². The summed E-state index contributed by atoms with van der Waals surface area (Å²) in [6.45, 7) is 7.27. The highest BCUT2D eigenvalue weighted by Crippen LogP contribution is 2.37. The molecule has 174 valence electrons. The standard InChI is InChI=1S/C23H33N5O3S/c1-14(2)13-28(17-7-5-4-6-8-17)19-10-9-16(15(3)11-20(29)30)12-18(19)25-23-27-26-22(32-23)21(24)31/h9-10,12,14-15,17H,4-8,11,13H2,1-3H3,(H2,24,31)(H,25,27)(H,29,30). The van der Waals surface area contributed by atoms with E-state index < -0.39 is 11.9 Å². The zero-order valence-electron chi connectivity index (χ0n) is 19.0. The van der Waals surface area contributed by atoms with E-state index in [9.17, 15) is 14.7 Å². The van der Waals surface area contributed by atoms with Gasteiger partial charge in [-0.3, -0.25) is 9.59 Å². The van der Waals surface area contributed by atoms with Gasteiger partial charge in [-0.1, -0.05) is 57.4 Å². The highest BCUT2D eigenvalue weighted by Gasteiger charge is 2.25. The number of aromatic nitrogens is 2. The van der Waals surface area contributed by atoms with Crippen LogP contribution < -0.4 is 16.0 Å². The molecule has 1 saturated carbocycles. The summed E-state index contributed by atoms with van der Waals surface area (Å²) < 4.78 is 0. The van der Waals surface area contributed by atoms with Gasteiger partial charge in [-0.2, -0.15) is 0 Å². The van der Waals surface area contributed by atoms with Crippen LogP contribution in [0.3, 0.4) is 0 Å². The first kappa shape index (κ1) is 24.0. The molecule has 3 rings (SSSR count). The molecule has 32 heavy (non-hydrogen) atoms. The number of carbonyl (C=O) groups excluding carboxylic acids is 1. The second kappa shape index (κ2) is 10.8. The number of primary amides is 1. The topological polar surface area (TPSA) is 121 Å². The molecule has 1 fully saturated rings. The Morgan fingerprint density at radius 3 is 2.53 bits per heavy atom. The minimum Gasteiger partial charge on any atom is -0.481 e. The molecular formula is C23H33N5O3S. The predicted molar refractivity (Wildman–Crippen MR) is 128 cm³/mol. The van der Waals surface area contributed by atoms with Gasteiger partial charge in [0, 0.05) is 12.6 Å². The lowest BCUT2D eigenvalue weighted by Crippen LogP contribution is -2.39. The Balaban J connectivity index is 2.00. The minimum atomic E-state index is -0.824. The number of nitrogens with one attached hydrogen (secondary N) is 1. The van der Waals surface area contributed by atoms with Crippen molar-refractivity contribution in [3.8, 4) is 0 Å². The summed E-state index contributed by atoms with van der Waals surface area (Å²) >= 11 is 1.11. The smallest absolute Gasteiger partial charge is 0.303 e. The molecule has 0 spiro atoms. The van der Waals surface area contributed by atoms with Crippen molar-refractivity contribution >= 4 is 39.7 Å². The second-order valence-corrected chi connectivity index (χ2v) is 9.99. The lowest BCUT2D eigenvalue weighted by molar-refractivity contribution is -0.137. The monoisotopic (exact) mass is 459 g/mol. The van der Waals surface area contributed by atoms with E-state index in [2.05, 4.69) is 40.3 Å². The number of rotatable bonds is 10. The molecule has 8 nitrogen and oxygen atoms in total. The number of anilines is 3. The molecule has 0 aliphatic heterocycles. The zero-order valence-corrected chi connectivity index (χ0v) is 19.8. The number of benzene rings is 1. The summed E-state index contributed by atoms with van der Waals surface area (Å²) in [6.07, 6.45) is 6.12. The largest absolute Gasteiger partial charge is 0.481 e. The molecule has 1 aromatic heterocycles. The average molecular weight is 460 g/mol. The van der Waals surface area contributed by atoms with E-state index in [4.69, 9.17) is 5.73 Å². The van der Waals surface area contributed by atoms with E-state index in [1.54, 1.807) is 0 Å². The van der Waals surface area contributed by atoms with Crippen LogP contribution in [0.1, 0.15) is 80.6 Å². The summed E-state index contributed by atoms with van der Waals surface area (Å²) in [4.78, 5) is 25.2. The van der Waals surface area contributed by atoms with Crippen molar-refractivity contribution in [3.05, 3.63) is 28.8 Å². The van der Waals surface area contributed by atoms with Gasteiger partial charge in [-0.25, -0.2) is 0 Å². The molecule has 2 aromatic rings. The van der Waals surface area contributed by atoms with Gasteiger partial charge < -0.3 is 21.1 Å². The van der Waals surface area contributed by atoms with E-state index in [0.717, 1.165) is 47.7 Å². The zero-order chi connectivity index (χ0) is 23.3. The summed E-state index contributed by atoms with van der Waals surface area (Å²) in [5.41, 5.74) is 8.18. The van der Waals surface area contributed by atoms with Gasteiger partial charge >= 0.3 is 5.97 Å². The third-order valence-electron chi connectivity index (χ3n) is 5.83. The summed E-state index contributed by atoms with van der Waals surface area (Å²) in [5, 5.41) is 21.1. The Morgan fingerprint density at radius 1 is 1.22 bits per heavy atom. The quantitative estimate of drug-likeness (QED) is 0.468. The molecule has 1 aliphatic rings. The van der Waals surface area contributed by atoms with Crippen LogP contribution >= 0.6 is 11.3 Å². The third-order valence-corrected chi connectivity index (χ3v) is 6.69. The Hall–Kier alpha value is -2.68. The Kier molecular flexibility index (Phi) is 8.06. The molecule has 1 heterocycles. The number of amides is 1. The Bertz CT molecular complexity index is 939. The number of hydrogen-bond acceptors (Lipinski definition) is 7. The fraction of sp³-hybridized carbons (Fsp3) is 0.565. The van der Waals surface area contributed by atoms with Gasteiger partial charge in [-0.15, -0.1) is 10.2 Å². The number of aliphatic carboxylic acids is 1. The molecule has 0 saturated heterocycles. The predicted octanol–water partition coefficient (Wildman–Crippen LogP) is 4.75. The van der Waals surface area contributed by atoms with Crippen LogP contribution in [0.25, 0.3) is 0 Å². The lowest BCUT2D eigenvalue weighted by Gasteiger charge is -2.38. The molecule has 1 amide bonds.